The van der Waals surface area contributed by atoms with E-state index in [1.807, 2.05) is 0 Å². The summed E-state index contributed by atoms with van der Waals surface area (Å²) in [6.07, 6.45) is 2.91. The van der Waals surface area contributed by atoms with Gasteiger partial charge in [-0.2, -0.15) is 0 Å². The van der Waals surface area contributed by atoms with Crippen molar-refractivity contribution in [3.05, 3.63) is 29.8 Å². The number of hydrogen-bond acceptors (Lipinski definition) is 3. The third-order valence-corrected chi connectivity index (χ3v) is 3.38. The Kier molecular flexibility index (Phi) is 2.89. The molecule has 1 aliphatic carbocycles. The number of aromatic nitrogens is 2. The van der Waals surface area contributed by atoms with Gasteiger partial charge in [0.25, 0.3) is 5.91 Å². The van der Waals surface area contributed by atoms with Gasteiger partial charge in [0, 0.05) is 0 Å². The summed E-state index contributed by atoms with van der Waals surface area (Å²) in [4.78, 5) is 30.0. The summed E-state index contributed by atoms with van der Waals surface area (Å²) in [6.45, 7) is 0. The number of aromatic amines is 1. The summed E-state index contributed by atoms with van der Waals surface area (Å²) in [7, 11) is 0. The van der Waals surface area contributed by atoms with Crippen LogP contribution in [0.1, 0.15) is 23.2 Å². The Balaban J connectivity index is 1.92. The van der Waals surface area contributed by atoms with E-state index in [9.17, 15) is 14.0 Å². The number of rotatable bonds is 4. The summed E-state index contributed by atoms with van der Waals surface area (Å²) >= 11 is 0. The number of fused-ring (bicyclic) bond motifs is 1. The first-order chi connectivity index (χ1) is 9.56. The number of H-pyrrole nitrogens is 1. The lowest BCUT2D eigenvalue weighted by atomic mass is 10.1. The summed E-state index contributed by atoms with van der Waals surface area (Å²) in [6, 6.07) is 1.36. The van der Waals surface area contributed by atoms with Gasteiger partial charge in [-0.3, -0.25) is 4.79 Å². The first kappa shape index (κ1) is 12.6. The highest BCUT2D eigenvalue weighted by atomic mass is 19.1. The maximum absolute atomic E-state index is 13.5. The average Bonchev–Trinajstić information content (AvgIpc) is 3.12. The van der Waals surface area contributed by atoms with Gasteiger partial charge in [0.2, 0.25) is 0 Å². The van der Waals surface area contributed by atoms with Crippen LogP contribution in [0, 0.1) is 11.7 Å². The molecule has 0 bridgehead atoms. The molecule has 0 spiro atoms. The van der Waals surface area contributed by atoms with Gasteiger partial charge in [-0.05, 0) is 30.9 Å². The van der Waals surface area contributed by atoms with Crippen LogP contribution in [0.3, 0.4) is 0 Å². The largest absolute Gasteiger partial charge is 0.480 e. The number of imidazole rings is 1. The number of hydrogen-bond donors (Lipinski definition) is 3. The molecule has 1 fully saturated rings. The second-order valence-corrected chi connectivity index (χ2v) is 4.88. The molecule has 7 heteroatoms. The minimum absolute atomic E-state index is 0.0353. The van der Waals surface area contributed by atoms with Crippen LogP contribution in [0.25, 0.3) is 11.0 Å². The van der Waals surface area contributed by atoms with E-state index in [0.29, 0.717) is 11.0 Å². The fourth-order valence-corrected chi connectivity index (χ4v) is 2.22. The highest BCUT2D eigenvalue weighted by Gasteiger charge is 2.37. The average molecular weight is 277 g/mol. The molecule has 1 unspecified atom stereocenters. The van der Waals surface area contributed by atoms with Crippen molar-refractivity contribution in [3.8, 4) is 0 Å². The van der Waals surface area contributed by atoms with Crippen LogP contribution >= 0.6 is 0 Å². The zero-order valence-corrected chi connectivity index (χ0v) is 10.4. The normalized spacial score (nSPS) is 16.1. The molecule has 3 rings (SSSR count). The van der Waals surface area contributed by atoms with Gasteiger partial charge in [-0.1, -0.05) is 0 Å². The standard InChI is InChI=1S/C13H12FN3O3/c14-7-3-8(11-9(4-7)15-5-16-11)12(18)17-10(13(19)20)6-1-2-6/h3-6,10H,1-2H2,(H,15,16)(H,17,18)(H,19,20). The predicted molar refractivity (Wildman–Crippen MR) is 67.7 cm³/mol. The van der Waals surface area contributed by atoms with Gasteiger partial charge in [0.05, 0.1) is 17.4 Å². The number of nitrogens with one attached hydrogen (secondary N) is 2. The lowest BCUT2D eigenvalue weighted by molar-refractivity contribution is -0.139. The first-order valence-corrected chi connectivity index (χ1v) is 6.22. The van der Waals surface area contributed by atoms with Crippen LogP contribution in [-0.2, 0) is 4.79 Å². The highest BCUT2D eigenvalue weighted by molar-refractivity contribution is 6.06. The van der Waals surface area contributed by atoms with Gasteiger partial charge in [-0.15, -0.1) is 0 Å². The number of carboxylic acid groups (broad SMARTS) is 1. The molecule has 3 N–H and O–H groups in total. The fourth-order valence-electron chi connectivity index (χ4n) is 2.22. The summed E-state index contributed by atoms with van der Waals surface area (Å²) < 4.78 is 13.5. The number of halogens is 1. The minimum atomic E-state index is -1.07. The number of aliphatic carboxylic acids is 1. The van der Waals surface area contributed by atoms with E-state index in [1.165, 1.54) is 12.4 Å². The third kappa shape index (κ3) is 2.22. The van der Waals surface area contributed by atoms with Gasteiger partial charge >= 0.3 is 5.97 Å². The van der Waals surface area contributed by atoms with Crippen LogP contribution in [-0.4, -0.2) is 33.0 Å². The summed E-state index contributed by atoms with van der Waals surface area (Å²) in [5, 5.41) is 11.5. The number of nitrogens with zero attached hydrogens (tertiary/aromatic N) is 1. The predicted octanol–water partition coefficient (Wildman–Crippen LogP) is 1.29. The molecule has 1 atom stereocenters. The molecule has 104 valence electrons. The van der Waals surface area contributed by atoms with Gasteiger partial charge in [0.15, 0.2) is 0 Å². The Morgan fingerprint density at radius 3 is 2.85 bits per heavy atom. The first-order valence-electron chi connectivity index (χ1n) is 6.22. The molecule has 1 aliphatic rings. The second kappa shape index (κ2) is 4.59. The van der Waals surface area contributed by atoms with Crippen molar-refractivity contribution in [3.63, 3.8) is 0 Å². The van der Waals surface area contributed by atoms with E-state index < -0.39 is 23.7 Å². The minimum Gasteiger partial charge on any atom is -0.480 e. The number of carboxylic acids is 1. The molecule has 6 nitrogen and oxygen atoms in total. The zero-order chi connectivity index (χ0) is 14.3. The number of carbonyl (C=O) groups is 2. The molecule has 2 aromatic rings. The topological polar surface area (TPSA) is 95.1 Å². The van der Waals surface area contributed by atoms with Crippen molar-refractivity contribution in [2.45, 2.75) is 18.9 Å². The van der Waals surface area contributed by atoms with Crippen molar-refractivity contribution in [1.29, 1.82) is 0 Å². The van der Waals surface area contributed by atoms with Crippen molar-refractivity contribution in [2.75, 3.05) is 0 Å². The number of carbonyl (C=O) groups excluding carboxylic acids is 1. The van der Waals surface area contributed by atoms with Crippen LogP contribution in [0.5, 0.6) is 0 Å². The van der Waals surface area contributed by atoms with E-state index in [4.69, 9.17) is 5.11 Å². The maximum Gasteiger partial charge on any atom is 0.326 e. The van der Waals surface area contributed by atoms with Crippen molar-refractivity contribution >= 4 is 22.9 Å². The van der Waals surface area contributed by atoms with Crippen molar-refractivity contribution < 1.29 is 19.1 Å². The maximum atomic E-state index is 13.5. The van der Waals surface area contributed by atoms with Crippen LogP contribution in [0.4, 0.5) is 4.39 Å². The van der Waals surface area contributed by atoms with Crippen LogP contribution < -0.4 is 5.32 Å². The second-order valence-electron chi connectivity index (χ2n) is 4.88. The van der Waals surface area contributed by atoms with Gasteiger partial charge < -0.3 is 15.4 Å². The van der Waals surface area contributed by atoms with E-state index >= 15 is 0 Å². The summed E-state index contributed by atoms with van der Waals surface area (Å²) in [5.41, 5.74) is 0.755. The smallest absolute Gasteiger partial charge is 0.326 e. The molecule has 1 amide bonds. The Bertz CT molecular complexity index is 693. The zero-order valence-electron chi connectivity index (χ0n) is 10.4. The molecule has 20 heavy (non-hydrogen) atoms. The molecule has 1 saturated carbocycles. The Labute approximate surface area is 113 Å². The lowest BCUT2D eigenvalue weighted by Gasteiger charge is -2.13. The molecule has 1 aromatic heterocycles. The summed E-state index contributed by atoms with van der Waals surface area (Å²) in [5.74, 6) is -2.32. The van der Waals surface area contributed by atoms with E-state index in [-0.39, 0.29) is 11.5 Å². The number of benzene rings is 1. The molecule has 0 aliphatic heterocycles. The lowest BCUT2D eigenvalue weighted by Crippen LogP contribution is -2.42. The quantitative estimate of drug-likeness (QED) is 0.784. The Morgan fingerprint density at radius 1 is 1.45 bits per heavy atom. The Hall–Kier alpha value is -2.44. The van der Waals surface area contributed by atoms with Gasteiger partial charge in [-0.25, -0.2) is 14.2 Å². The van der Waals surface area contributed by atoms with E-state index in [0.717, 1.165) is 18.9 Å². The third-order valence-electron chi connectivity index (χ3n) is 3.38. The molecule has 0 saturated heterocycles. The number of amides is 1. The van der Waals surface area contributed by atoms with E-state index in [2.05, 4.69) is 15.3 Å². The monoisotopic (exact) mass is 277 g/mol. The van der Waals surface area contributed by atoms with E-state index in [1.54, 1.807) is 0 Å². The Morgan fingerprint density at radius 2 is 2.20 bits per heavy atom. The van der Waals surface area contributed by atoms with Crippen LogP contribution in [0.2, 0.25) is 0 Å². The molecular weight excluding hydrogens is 265 g/mol. The van der Waals surface area contributed by atoms with Crippen molar-refractivity contribution in [1.82, 2.24) is 15.3 Å². The van der Waals surface area contributed by atoms with Crippen LogP contribution in [0.15, 0.2) is 18.5 Å². The SMILES string of the molecule is O=C(NC(C(=O)O)C1CC1)c1cc(F)cc2[nH]cnc12. The molecule has 1 aromatic carbocycles. The molecule has 1 heterocycles. The highest BCUT2D eigenvalue weighted by Crippen LogP contribution is 2.33. The van der Waals surface area contributed by atoms with Gasteiger partial charge in [0.1, 0.15) is 17.4 Å². The molecule has 0 radical (unpaired) electrons. The molecular formula is C13H12FN3O3. The van der Waals surface area contributed by atoms with Crippen molar-refractivity contribution in [2.24, 2.45) is 5.92 Å². The fraction of sp³-hybridized carbons (Fsp3) is 0.308.